The monoisotopic (exact) mass is 448 g/mol. The van der Waals surface area contributed by atoms with Crippen molar-refractivity contribution in [1.82, 2.24) is 15.4 Å². The Morgan fingerprint density at radius 1 is 0.812 bits per heavy atom. The summed E-state index contributed by atoms with van der Waals surface area (Å²) >= 11 is 0. The first-order chi connectivity index (χ1) is 15.3. The van der Waals surface area contributed by atoms with Gasteiger partial charge < -0.3 is 4.57 Å². The minimum Gasteiger partial charge on any atom is -0.350 e. The lowest BCUT2D eigenvalue weighted by molar-refractivity contribution is 0.0847. The topological polar surface area (TPSA) is 109 Å². The van der Waals surface area contributed by atoms with E-state index in [1.807, 2.05) is 35.9 Å². The van der Waals surface area contributed by atoms with Gasteiger partial charge in [0.1, 0.15) is 0 Å². The fourth-order valence-corrected chi connectivity index (χ4v) is 4.38. The number of nitrogens with zero attached hydrogens (tertiary/aromatic N) is 1. The van der Waals surface area contributed by atoms with Crippen LogP contribution in [-0.2, 0) is 17.1 Å². The molecule has 0 aliphatic rings. The molecule has 32 heavy (non-hydrogen) atoms. The van der Waals surface area contributed by atoms with Gasteiger partial charge in [0.05, 0.1) is 10.5 Å². The van der Waals surface area contributed by atoms with Gasteiger partial charge in [-0.2, -0.15) is 0 Å². The summed E-state index contributed by atoms with van der Waals surface area (Å²) in [7, 11) is -1.96. The summed E-state index contributed by atoms with van der Waals surface area (Å²) in [6.07, 6.45) is 1.69. The van der Waals surface area contributed by atoms with Crippen LogP contribution in [0.25, 0.3) is 10.9 Å². The van der Waals surface area contributed by atoms with E-state index in [9.17, 15) is 18.0 Å². The van der Waals surface area contributed by atoms with Crippen LogP contribution in [0.4, 0.5) is 5.69 Å². The fraction of sp³-hybridized carbons (Fsp3) is 0.0435. The van der Waals surface area contributed by atoms with Gasteiger partial charge in [0.15, 0.2) is 0 Å². The van der Waals surface area contributed by atoms with Crippen molar-refractivity contribution < 1.29 is 18.0 Å². The van der Waals surface area contributed by atoms with Crippen LogP contribution in [0.1, 0.15) is 20.7 Å². The molecule has 0 unspecified atom stereocenters. The number of hydrazine groups is 1. The van der Waals surface area contributed by atoms with Crippen LogP contribution in [0, 0.1) is 0 Å². The van der Waals surface area contributed by atoms with E-state index >= 15 is 0 Å². The molecule has 0 spiro atoms. The van der Waals surface area contributed by atoms with Gasteiger partial charge in [-0.1, -0.05) is 42.5 Å². The van der Waals surface area contributed by atoms with Gasteiger partial charge in [0.25, 0.3) is 21.8 Å². The second kappa shape index (κ2) is 8.56. The van der Waals surface area contributed by atoms with Crippen molar-refractivity contribution in [3.05, 3.63) is 96.2 Å². The van der Waals surface area contributed by atoms with Crippen molar-refractivity contribution >= 4 is 38.4 Å². The van der Waals surface area contributed by atoms with Crippen molar-refractivity contribution in [3.8, 4) is 0 Å². The molecule has 9 heteroatoms. The van der Waals surface area contributed by atoms with Crippen molar-refractivity contribution in [1.29, 1.82) is 0 Å². The van der Waals surface area contributed by atoms with Gasteiger partial charge in [-0.25, -0.2) is 8.42 Å². The molecule has 0 aliphatic carbocycles. The fourth-order valence-electron chi connectivity index (χ4n) is 3.31. The molecule has 0 radical (unpaired) electrons. The largest absolute Gasteiger partial charge is 0.350 e. The standard InChI is InChI=1S/C23H20N4O4S/c1-27-15-20(19-12-5-6-13-21(19)27)23(29)25-24-22(28)16-8-7-9-17(14-16)26-32(30,31)18-10-3-2-4-11-18/h2-15,26H,1H3,(H,24,28)(H,25,29). The molecule has 0 bridgehead atoms. The van der Waals surface area contributed by atoms with Crippen LogP contribution in [0.2, 0.25) is 0 Å². The number of benzene rings is 3. The number of amides is 2. The number of carbonyl (C=O) groups is 2. The van der Waals surface area contributed by atoms with Crippen LogP contribution >= 0.6 is 0 Å². The Morgan fingerprint density at radius 3 is 2.28 bits per heavy atom. The molecule has 0 aliphatic heterocycles. The number of aryl methyl sites for hydroxylation is 1. The molecule has 4 aromatic rings. The Hall–Kier alpha value is -4.11. The Morgan fingerprint density at radius 2 is 1.50 bits per heavy atom. The Kier molecular flexibility index (Phi) is 5.65. The molecular weight excluding hydrogens is 428 g/mol. The second-order valence-electron chi connectivity index (χ2n) is 7.08. The van der Waals surface area contributed by atoms with Crippen molar-refractivity contribution in [3.63, 3.8) is 0 Å². The molecule has 162 valence electrons. The molecule has 3 N–H and O–H groups in total. The number of para-hydroxylation sites is 1. The van der Waals surface area contributed by atoms with Gasteiger partial charge in [0.2, 0.25) is 0 Å². The summed E-state index contributed by atoms with van der Waals surface area (Å²) in [5.74, 6) is -1.05. The van der Waals surface area contributed by atoms with E-state index in [4.69, 9.17) is 0 Å². The molecule has 8 nitrogen and oxygen atoms in total. The van der Waals surface area contributed by atoms with E-state index in [1.165, 1.54) is 30.3 Å². The SMILES string of the molecule is Cn1cc(C(=O)NNC(=O)c2cccc(NS(=O)(=O)c3ccccc3)c2)c2ccccc21. The lowest BCUT2D eigenvalue weighted by Gasteiger charge is -2.10. The first kappa shape index (κ1) is 21.1. The number of hydrogen-bond donors (Lipinski definition) is 3. The molecule has 0 saturated carbocycles. The van der Waals surface area contributed by atoms with E-state index in [0.717, 1.165) is 10.9 Å². The third kappa shape index (κ3) is 4.33. The molecule has 2 amide bonds. The van der Waals surface area contributed by atoms with Crippen LogP contribution in [-0.4, -0.2) is 24.8 Å². The van der Waals surface area contributed by atoms with Crippen LogP contribution in [0.5, 0.6) is 0 Å². The van der Waals surface area contributed by atoms with Gasteiger partial charge in [-0.3, -0.25) is 25.2 Å². The number of hydrogen-bond acceptors (Lipinski definition) is 4. The second-order valence-corrected chi connectivity index (χ2v) is 8.76. The zero-order valence-electron chi connectivity index (χ0n) is 17.1. The third-order valence-electron chi connectivity index (χ3n) is 4.86. The quantitative estimate of drug-likeness (QED) is 0.408. The Bertz CT molecular complexity index is 1410. The number of rotatable bonds is 5. The highest BCUT2D eigenvalue weighted by Gasteiger charge is 2.16. The van der Waals surface area contributed by atoms with Gasteiger partial charge in [0, 0.05) is 35.4 Å². The van der Waals surface area contributed by atoms with Gasteiger partial charge in [-0.05, 0) is 36.4 Å². The van der Waals surface area contributed by atoms with E-state index in [2.05, 4.69) is 15.6 Å². The predicted molar refractivity (Wildman–Crippen MR) is 122 cm³/mol. The summed E-state index contributed by atoms with van der Waals surface area (Å²) in [6.45, 7) is 0. The average molecular weight is 449 g/mol. The molecule has 0 atom stereocenters. The maximum Gasteiger partial charge on any atom is 0.271 e. The van der Waals surface area contributed by atoms with E-state index in [1.54, 1.807) is 30.5 Å². The van der Waals surface area contributed by atoms with Gasteiger partial charge >= 0.3 is 0 Å². The number of carbonyl (C=O) groups excluding carboxylic acids is 2. The lowest BCUT2D eigenvalue weighted by Crippen LogP contribution is -2.41. The van der Waals surface area contributed by atoms with Crippen molar-refractivity contribution in [2.75, 3.05) is 4.72 Å². The maximum absolute atomic E-state index is 12.6. The molecule has 0 fully saturated rings. The molecule has 0 saturated heterocycles. The Balaban J connectivity index is 1.45. The van der Waals surface area contributed by atoms with E-state index in [0.29, 0.717) is 5.56 Å². The summed E-state index contributed by atoms with van der Waals surface area (Å²) in [6, 6.07) is 21.3. The Labute approximate surface area is 184 Å². The number of nitrogens with one attached hydrogen (secondary N) is 3. The highest BCUT2D eigenvalue weighted by molar-refractivity contribution is 7.92. The van der Waals surface area contributed by atoms with Crippen molar-refractivity contribution in [2.24, 2.45) is 7.05 Å². The maximum atomic E-state index is 12.6. The van der Waals surface area contributed by atoms with E-state index in [-0.39, 0.29) is 16.1 Å². The van der Waals surface area contributed by atoms with E-state index < -0.39 is 21.8 Å². The average Bonchev–Trinajstić information content (AvgIpc) is 3.14. The molecule has 4 rings (SSSR count). The first-order valence-electron chi connectivity index (χ1n) is 9.68. The zero-order valence-corrected chi connectivity index (χ0v) is 17.9. The summed E-state index contributed by atoms with van der Waals surface area (Å²) in [5.41, 5.74) is 6.49. The number of sulfonamides is 1. The van der Waals surface area contributed by atoms with Crippen LogP contribution in [0.15, 0.2) is 90.0 Å². The minimum absolute atomic E-state index is 0.109. The summed E-state index contributed by atoms with van der Waals surface area (Å²) in [4.78, 5) is 25.2. The number of aromatic nitrogens is 1. The van der Waals surface area contributed by atoms with Gasteiger partial charge in [-0.15, -0.1) is 0 Å². The highest BCUT2D eigenvalue weighted by Crippen LogP contribution is 2.20. The summed E-state index contributed by atoms with van der Waals surface area (Å²) < 4.78 is 29.3. The smallest absolute Gasteiger partial charge is 0.271 e. The number of anilines is 1. The highest BCUT2D eigenvalue weighted by atomic mass is 32.2. The minimum atomic E-state index is -3.79. The van der Waals surface area contributed by atoms with Crippen molar-refractivity contribution in [2.45, 2.75) is 4.90 Å². The molecule has 1 aromatic heterocycles. The summed E-state index contributed by atoms with van der Waals surface area (Å²) in [5, 5.41) is 0.763. The molecule has 1 heterocycles. The van der Waals surface area contributed by atoms with Crippen LogP contribution < -0.4 is 15.6 Å². The van der Waals surface area contributed by atoms with Crippen LogP contribution in [0.3, 0.4) is 0 Å². The predicted octanol–water partition coefficient (Wildman–Crippen LogP) is 3.05. The lowest BCUT2D eigenvalue weighted by atomic mass is 10.1. The number of fused-ring (bicyclic) bond motifs is 1. The molecular formula is C23H20N4O4S. The normalized spacial score (nSPS) is 11.2. The third-order valence-corrected chi connectivity index (χ3v) is 6.26. The molecule has 3 aromatic carbocycles. The zero-order chi connectivity index (χ0) is 22.7. The first-order valence-corrected chi connectivity index (χ1v) is 11.2.